The summed E-state index contributed by atoms with van der Waals surface area (Å²) in [7, 11) is 0. The Hall–Kier alpha value is -2.54. The average molecular weight is 219 g/mol. The summed E-state index contributed by atoms with van der Waals surface area (Å²) >= 11 is 0. The molecule has 0 fully saturated rings. The number of carbonyl (C=O) groups is 1. The highest BCUT2D eigenvalue weighted by molar-refractivity contribution is 5.66. The molecule has 0 spiro atoms. The van der Waals surface area contributed by atoms with E-state index in [4.69, 9.17) is 15.6 Å². The molecule has 0 bridgehead atoms. The number of nitriles is 2. The van der Waals surface area contributed by atoms with E-state index in [-0.39, 0.29) is 17.8 Å². The summed E-state index contributed by atoms with van der Waals surface area (Å²) in [5.41, 5.74) is 0.131. The second-order valence-corrected chi connectivity index (χ2v) is 2.96. The van der Waals surface area contributed by atoms with Crippen LogP contribution in [0.3, 0.4) is 0 Å². The van der Waals surface area contributed by atoms with Crippen molar-refractivity contribution in [2.75, 3.05) is 11.9 Å². The zero-order valence-corrected chi connectivity index (χ0v) is 8.32. The van der Waals surface area contributed by atoms with E-state index in [1.807, 2.05) is 0 Å². The molecule has 7 heteroatoms. The van der Waals surface area contributed by atoms with Crippen LogP contribution in [0.1, 0.15) is 24.2 Å². The number of nitrogens with zero attached hydrogens (tertiary/aromatic N) is 3. The largest absolute Gasteiger partial charge is 0.481 e. The molecule has 0 saturated carbocycles. The van der Waals surface area contributed by atoms with Gasteiger partial charge in [-0.25, -0.2) is 4.98 Å². The number of imidazole rings is 1. The van der Waals surface area contributed by atoms with E-state index in [9.17, 15) is 4.79 Å². The molecule has 0 radical (unpaired) electrons. The molecule has 82 valence electrons. The van der Waals surface area contributed by atoms with Gasteiger partial charge in [-0.3, -0.25) is 4.79 Å². The summed E-state index contributed by atoms with van der Waals surface area (Å²) in [6.45, 7) is 0.412. The summed E-state index contributed by atoms with van der Waals surface area (Å²) in [6.07, 6.45) is 0.504. The van der Waals surface area contributed by atoms with Gasteiger partial charge in [0, 0.05) is 13.0 Å². The van der Waals surface area contributed by atoms with E-state index in [0.29, 0.717) is 18.9 Å². The number of anilines is 1. The minimum Gasteiger partial charge on any atom is -0.481 e. The Balaban J connectivity index is 2.50. The predicted octanol–water partition coefficient (Wildman–Crippen LogP) is 0.430. The van der Waals surface area contributed by atoms with E-state index in [0.717, 1.165) is 0 Å². The maximum Gasteiger partial charge on any atom is 0.303 e. The van der Waals surface area contributed by atoms with Crippen LogP contribution in [0.5, 0.6) is 0 Å². The third-order valence-corrected chi connectivity index (χ3v) is 1.78. The van der Waals surface area contributed by atoms with Gasteiger partial charge < -0.3 is 15.4 Å². The fourth-order valence-electron chi connectivity index (χ4n) is 1.07. The zero-order chi connectivity index (χ0) is 12.0. The van der Waals surface area contributed by atoms with Crippen LogP contribution in [-0.4, -0.2) is 27.6 Å². The second-order valence-electron chi connectivity index (χ2n) is 2.96. The minimum atomic E-state index is -0.864. The number of H-pyrrole nitrogens is 1. The summed E-state index contributed by atoms with van der Waals surface area (Å²) in [4.78, 5) is 16.7. The maximum absolute atomic E-state index is 10.2. The predicted molar refractivity (Wildman–Crippen MR) is 53.4 cm³/mol. The van der Waals surface area contributed by atoms with Crippen LogP contribution in [0.4, 0.5) is 5.95 Å². The van der Waals surface area contributed by atoms with Crippen molar-refractivity contribution < 1.29 is 9.90 Å². The van der Waals surface area contributed by atoms with Crippen LogP contribution in [0.2, 0.25) is 0 Å². The van der Waals surface area contributed by atoms with Crippen molar-refractivity contribution in [1.29, 1.82) is 10.5 Å². The standard InChI is InChI=1S/C9H9N5O2/c10-4-6-7(5-11)14-9(13-6)12-3-1-2-8(15)16/h1-3H2,(H,15,16)(H2,12,13,14). The molecule has 7 nitrogen and oxygen atoms in total. The first kappa shape index (κ1) is 11.5. The van der Waals surface area contributed by atoms with Crippen LogP contribution < -0.4 is 5.32 Å². The number of hydrogen-bond donors (Lipinski definition) is 3. The fourth-order valence-corrected chi connectivity index (χ4v) is 1.07. The number of hydrogen-bond acceptors (Lipinski definition) is 5. The highest BCUT2D eigenvalue weighted by atomic mass is 16.4. The Kier molecular flexibility index (Phi) is 3.87. The van der Waals surface area contributed by atoms with Crippen LogP contribution in [0.15, 0.2) is 0 Å². The number of aromatic amines is 1. The van der Waals surface area contributed by atoms with Crippen molar-refractivity contribution in [2.24, 2.45) is 0 Å². The number of carboxylic acid groups (broad SMARTS) is 1. The lowest BCUT2D eigenvalue weighted by Gasteiger charge is -1.99. The van der Waals surface area contributed by atoms with Gasteiger partial charge >= 0.3 is 5.97 Å². The molecule has 0 aliphatic heterocycles. The van der Waals surface area contributed by atoms with Crippen molar-refractivity contribution in [1.82, 2.24) is 9.97 Å². The quantitative estimate of drug-likeness (QED) is 0.616. The molecule has 0 atom stereocenters. The highest BCUT2D eigenvalue weighted by Crippen LogP contribution is 2.07. The molecule has 0 aliphatic carbocycles. The van der Waals surface area contributed by atoms with Crippen molar-refractivity contribution in [3.63, 3.8) is 0 Å². The SMILES string of the molecule is N#Cc1nc(NCCCC(=O)O)[nH]c1C#N. The highest BCUT2D eigenvalue weighted by Gasteiger charge is 2.08. The van der Waals surface area contributed by atoms with E-state index in [2.05, 4.69) is 15.3 Å². The number of aromatic nitrogens is 2. The van der Waals surface area contributed by atoms with Gasteiger partial charge in [-0.15, -0.1) is 0 Å². The molecule has 0 amide bonds. The van der Waals surface area contributed by atoms with Gasteiger partial charge in [0.15, 0.2) is 11.4 Å². The van der Waals surface area contributed by atoms with Crippen LogP contribution in [0.25, 0.3) is 0 Å². The third kappa shape index (κ3) is 3.00. The average Bonchev–Trinajstić information content (AvgIpc) is 2.66. The Morgan fingerprint density at radius 2 is 2.25 bits per heavy atom. The summed E-state index contributed by atoms with van der Waals surface area (Å²) < 4.78 is 0. The lowest BCUT2D eigenvalue weighted by molar-refractivity contribution is -0.137. The van der Waals surface area contributed by atoms with Crippen LogP contribution >= 0.6 is 0 Å². The second kappa shape index (κ2) is 5.37. The lowest BCUT2D eigenvalue weighted by Crippen LogP contribution is -2.05. The van der Waals surface area contributed by atoms with Gasteiger partial charge in [-0.05, 0) is 6.42 Å². The Labute approximate surface area is 91.3 Å². The van der Waals surface area contributed by atoms with E-state index >= 15 is 0 Å². The van der Waals surface area contributed by atoms with Gasteiger partial charge in [-0.1, -0.05) is 0 Å². The Morgan fingerprint density at radius 1 is 1.50 bits per heavy atom. The smallest absolute Gasteiger partial charge is 0.303 e. The van der Waals surface area contributed by atoms with Crippen LogP contribution in [0, 0.1) is 22.7 Å². The zero-order valence-electron chi connectivity index (χ0n) is 8.32. The molecule has 16 heavy (non-hydrogen) atoms. The summed E-state index contributed by atoms with van der Waals surface area (Å²) in [5, 5.41) is 28.4. The number of rotatable bonds is 5. The molecular formula is C9H9N5O2. The molecule has 0 aromatic carbocycles. The maximum atomic E-state index is 10.2. The van der Waals surface area contributed by atoms with Gasteiger partial charge in [0.2, 0.25) is 5.95 Å². The van der Waals surface area contributed by atoms with E-state index in [1.54, 1.807) is 12.1 Å². The first-order chi connectivity index (χ1) is 7.67. The Morgan fingerprint density at radius 3 is 2.75 bits per heavy atom. The topological polar surface area (TPSA) is 126 Å². The Bertz CT molecular complexity index is 434. The first-order valence-corrected chi connectivity index (χ1v) is 4.53. The number of carboxylic acids is 1. The molecule has 1 aromatic rings. The van der Waals surface area contributed by atoms with E-state index in [1.165, 1.54) is 0 Å². The van der Waals surface area contributed by atoms with Crippen molar-refractivity contribution in [3.05, 3.63) is 11.4 Å². The molecule has 0 unspecified atom stereocenters. The van der Waals surface area contributed by atoms with Gasteiger partial charge in [-0.2, -0.15) is 10.5 Å². The third-order valence-electron chi connectivity index (χ3n) is 1.78. The molecule has 3 N–H and O–H groups in total. The summed E-state index contributed by atoms with van der Waals surface area (Å²) in [5.74, 6) is -0.560. The van der Waals surface area contributed by atoms with E-state index < -0.39 is 5.97 Å². The molecule has 1 rings (SSSR count). The molecule has 0 aliphatic rings. The first-order valence-electron chi connectivity index (χ1n) is 4.53. The molecule has 1 heterocycles. The van der Waals surface area contributed by atoms with Gasteiger partial charge in [0.25, 0.3) is 0 Å². The molecule has 0 saturated heterocycles. The van der Waals surface area contributed by atoms with Gasteiger partial charge in [0.05, 0.1) is 0 Å². The molecule has 1 aromatic heterocycles. The molecular weight excluding hydrogens is 210 g/mol. The normalized spacial score (nSPS) is 9.12. The van der Waals surface area contributed by atoms with Crippen LogP contribution in [-0.2, 0) is 4.79 Å². The monoisotopic (exact) mass is 219 g/mol. The number of aliphatic carboxylic acids is 1. The van der Waals surface area contributed by atoms with Crippen molar-refractivity contribution in [3.8, 4) is 12.1 Å². The van der Waals surface area contributed by atoms with Gasteiger partial charge in [0.1, 0.15) is 12.1 Å². The number of nitrogens with one attached hydrogen (secondary N) is 2. The fraction of sp³-hybridized carbons (Fsp3) is 0.333. The summed E-state index contributed by atoms with van der Waals surface area (Å²) in [6, 6.07) is 3.58. The van der Waals surface area contributed by atoms with Crippen molar-refractivity contribution >= 4 is 11.9 Å². The lowest BCUT2D eigenvalue weighted by atomic mass is 10.3. The minimum absolute atomic E-state index is 0.0308. The van der Waals surface area contributed by atoms with Crippen molar-refractivity contribution in [2.45, 2.75) is 12.8 Å².